The molecule has 3 rings (SSSR count). The second kappa shape index (κ2) is 6.63. The molecular weight excluding hydrogens is 341 g/mol. The van der Waals surface area contributed by atoms with Crippen molar-refractivity contribution in [2.45, 2.75) is 45.5 Å². The van der Waals surface area contributed by atoms with Crippen LogP contribution in [-0.2, 0) is 15.9 Å². The first kappa shape index (κ1) is 18.2. The van der Waals surface area contributed by atoms with Crippen LogP contribution in [0.3, 0.4) is 0 Å². The SMILES string of the molecule is CC1(C)OB(c2cccc(F)c2OCc2cccc(Cl)c2)OC1(C)C. The molecule has 3 nitrogen and oxygen atoms in total. The van der Waals surface area contributed by atoms with Gasteiger partial charge in [0.05, 0.1) is 11.2 Å². The predicted octanol–water partition coefficient (Wildman–Crippen LogP) is 4.36. The van der Waals surface area contributed by atoms with Crippen LogP contribution >= 0.6 is 11.6 Å². The van der Waals surface area contributed by atoms with Crippen molar-refractivity contribution >= 4 is 24.2 Å². The molecule has 0 aliphatic carbocycles. The van der Waals surface area contributed by atoms with Gasteiger partial charge in [0.1, 0.15) is 6.61 Å². The van der Waals surface area contributed by atoms with Gasteiger partial charge in [-0.2, -0.15) is 0 Å². The monoisotopic (exact) mass is 362 g/mol. The normalized spacial score (nSPS) is 18.4. The Morgan fingerprint density at radius 2 is 1.68 bits per heavy atom. The number of rotatable bonds is 4. The van der Waals surface area contributed by atoms with Crippen LogP contribution in [0.4, 0.5) is 4.39 Å². The van der Waals surface area contributed by atoms with Gasteiger partial charge in [0.25, 0.3) is 0 Å². The average molecular weight is 363 g/mol. The molecule has 0 unspecified atom stereocenters. The summed E-state index contributed by atoms with van der Waals surface area (Å²) < 4.78 is 32.2. The van der Waals surface area contributed by atoms with E-state index in [2.05, 4.69) is 0 Å². The van der Waals surface area contributed by atoms with Crippen molar-refractivity contribution < 1.29 is 18.4 Å². The quantitative estimate of drug-likeness (QED) is 0.757. The highest BCUT2D eigenvalue weighted by Crippen LogP contribution is 2.37. The largest absolute Gasteiger partial charge is 0.498 e. The lowest BCUT2D eigenvalue weighted by atomic mass is 9.78. The lowest BCUT2D eigenvalue weighted by Gasteiger charge is -2.32. The van der Waals surface area contributed by atoms with Crippen LogP contribution in [0, 0.1) is 5.82 Å². The molecular formula is C19H21BClFO3. The minimum absolute atomic E-state index is 0.140. The Bertz CT molecular complexity index is 763. The zero-order valence-electron chi connectivity index (χ0n) is 14.8. The van der Waals surface area contributed by atoms with E-state index in [4.69, 9.17) is 25.6 Å². The van der Waals surface area contributed by atoms with E-state index in [1.54, 1.807) is 24.3 Å². The Morgan fingerprint density at radius 1 is 1.04 bits per heavy atom. The van der Waals surface area contributed by atoms with Crippen molar-refractivity contribution in [2.75, 3.05) is 0 Å². The number of benzene rings is 2. The number of hydrogen-bond acceptors (Lipinski definition) is 3. The van der Waals surface area contributed by atoms with Crippen molar-refractivity contribution in [3.05, 3.63) is 58.9 Å². The summed E-state index contributed by atoms with van der Waals surface area (Å²) >= 11 is 5.99. The van der Waals surface area contributed by atoms with E-state index in [9.17, 15) is 4.39 Å². The molecule has 0 aromatic heterocycles. The van der Waals surface area contributed by atoms with Gasteiger partial charge in [-0.1, -0.05) is 35.9 Å². The smallest absolute Gasteiger partial charge is 0.486 e. The maximum atomic E-state index is 14.4. The minimum Gasteiger partial charge on any atom is -0.486 e. The second-order valence-electron chi connectivity index (χ2n) is 7.17. The molecule has 6 heteroatoms. The van der Waals surface area contributed by atoms with Crippen LogP contribution < -0.4 is 10.2 Å². The molecule has 0 spiro atoms. The maximum absolute atomic E-state index is 14.4. The summed E-state index contributed by atoms with van der Waals surface area (Å²) in [7, 11) is -0.685. The Kier molecular flexibility index (Phi) is 4.84. The molecule has 0 atom stereocenters. The van der Waals surface area contributed by atoms with Crippen LogP contribution in [0.15, 0.2) is 42.5 Å². The van der Waals surface area contributed by atoms with E-state index in [1.165, 1.54) is 6.07 Å². The molecule has 1 aliphatic rings. The molecule has 132 valence electrons. The van der Waals surface area contributed by atoms with Crippen LogP contribution in [0.1, 0.15) is 33.3 Å². The summed E-state index contributed by atoms with van der Waals surface area (Å²) in [5, 5.41) is 0.612. The molecule has 2 aromatic rings. The van der Waals surface area contributed by atoms with Gasteiger partial charge in [-0.15, -0.1) is 0 Å². The molecule has 0 amide bonds. The van der Waals surface area contributed by atoms with Gasteiger partial charge in [-0.25, -0.2) is 4.39 Å². The Hall–Kier alpha value is -1.56. The Labute approximate surface area is 153 Å². The summed E-state index contributed by atoms with van der Waals surface area (Å²) in [4.78, 5) is 0. The van der Waals surface area contributed by atoms with Crippen LogP contribution in [-0.4, -0.2) is 18.3 Å². The molecule has 1 fully saturated rings. The van der Waals surface area contributed by atoms with Gasteiger partial charge >= 0.3 is 7.12 Å². The van der Waals surface area contributed by atoms with E-state index in [0.717, 1.165) is 5.56 Å². The molecule has 1 heterocycles. The fourth-order valence-electron chi connectivity index (χ4n) is 2.62. The number of hydrogen-bond donors (Lipinski definition) is 0. The number of halogens is 2. The molecule has 0 bridgehead atoms. The summed E-state index contributed by atoms with van der Waals surface area (Å²) in [5.74, 6) is -0.310. The van der Waals surface area contributed by atoms with Crippen molar-refractivity contribution in [3.63, 3.8) is 0 Å². The number of ether oxygens (including phenoxy) is 1. The molecule has 0 N–H and O–H groups in total. The zero-order valence-corrected chi connectivity index (χ0v) is 15.6. The first-order valence-electron chi connectivity index (χ1n) is 8.21. The van der Waals surface area contributed by atoms with Crippen molar-refractivity contribution in [1.82, 2.24) is 0 Å². The van der Waals surface area contributed by atoms with Gasteiger partial charge in [0.2, 0.25) is 0 Å². The van der Waals surface area contributed by atoms with E-state index in [1.807, 2.05) is 39.8 Å². The van der Waals surface area contributed by atoms with Gasteiger partial charge in [-0.3, -0.25) is 0 Å². The molecule has 0 saturated carbocycles. The Balaban J connectivity index is 1.86. The van der Waals surface area contributed by atoms with Crippen LogP contribution in [0.5, 0.6) is 5.75 Å². The summed E-state index contributed by atoms with van der Waals surface area (Å²) in [6.07, 6.45) is 0. The molecule has 2 aromatic carbocycles. The maximum Gasteiger partial charge on any atom is 0.498 e. The van der Waals surface area contributed by atoms with E-state index in [0.29, 0.717) is 10.5 Å². The van der Waals surface area contributed by atoms with Gasteiger partial charge in [-0.05, 0) is 51.5 Å². The molecule has 25 heavy (non-hydrogen) atoms. The van der Waals surface area contributed by atoms with E-state index >= 15 is 0 Å². The lowest BCUT2D eigenvalue weighted by molar-refractivity contribution is 0.00578. The Morgan fingerprint density at radius 3 is 2.32 bits per heavy atom. The third-order valence-corrected chi connectivity index (χ3v) is 5.01. The van der Waals surface area contributed by atoms with Gasteiger partial charge in [0, 0.05) is 10.5 Å². The average Bonchev–Trinajstić information content (AvgIpc) is 2.74. The first-order valence-corrected chi connectivity index (χ1v) is 8.59. The summed E-state index contributed by atoms with van der Waals surface area (Å²) in [5.41, 5.74) is 0.388. The zero-order chi connectivity index (χ0) is 18.2. The van der Waals surface area contributed by atoms with Crippen molar-refractivity contribution in [1.29, 1.82) is 0 Å². The fourth-order valence-corrected chi connectivity index (χ4v) is 2.83. The number of para-hydroxylation sites is 1. The third kappa shape index (κ3) is 3.69. The third-order valence-electron chi connectivity index (χ3n) is 4.78. The first-order chi connectivity index (χ1) is 11.7. The highest BCUT2D eigenvalue weighted by molar-refractivity contribution is 6.63. The van der Waals surface area contributed by atoms with E-state index < -0.39 is 24.1 Å². The molecule has 1 aliphatic heterocycles. The van der Waals surface area contributed by atoms with Crippen LogP contribution in [0.2, 0.25) is 5.02 Å². The lowest BCUT2D eigenvalue weighted by Crippen LogP contribution is -2.41. The van der Waals surface area contributed by atoms with Crippen molar-refractivity contribution in [2.24, 2.45) is 0 Å². The fraction of sp³-hybridized carbons (Fsp3) is 0.368. The van der Waals surface area contributed by atoms with E-state index in [-0.39, 0.29) is 12.4 Å². The highest BCUT2D eigenvalue weighted by Gasteiger charge is 2.52. The summed E-state index contributed by atoms with van der Waals surface area (Å²) in [6, 6.07) is 12.0. The van der Waals surface area contributed by atoms with Crippen molar-refractivity contribution in [3.8, 4) is 5.75 Å². The van der Waals surface area contributed by atoms with Crippen LogP contribution in [0.25, 0.3) is 0 Å². The predicted molar refractivity (Wildman–Crippen MR) is 97.9 cm³/mol. The summed E-state index contributed by atoms with van der Waals surface area (Å²) in [6.45, 7) is 8.03. The second-order valence-corrected chi connectivity index (χ2v) is 7.60. The van der Waals surface area contributed by atoms with Gasteiger partial charge in [0.15, 0.2) is 11.6 Å². The molecule has 0 radical (unpaired) electrons. The highest BCUT2D eigenvalue weighted by atomic mass is 35.5. The van der Waals surface area contributed by atoms with Gasteiger partial charge < -0.3 is 14.0 Å². The standard InChI is InChI=1S/C19H21BClFO3/c1-18(2)19(3,4)25-20(24-18)15-9-6-10-16(22)17(15)23-12-13-7-5-8-14(21)11-13/h5-11H,12H2,1-4H3. The minimum atomic E-state index is -0.685. The molecule has 1 saturated heterocycles. The topological polar surface area (TPSA) is 27.7 Å².